The minimum Gasteiger partial charge on any atom is -0.441 e. The Labute approximate surface area is 455 Å². The summed E-state index contributed by atoms with van der Waals surface area (Å²) >= 11 is 0. The summed E-state index contributed by atoms with van der Waals surface area (Å²) in [7, 11) is 0. The van der Waals surface area contributed by atoms with E-state index in [2.05, 4.69) is 28.2 Å². The molecule has 0 spiro atoms. The Hall–Kier alpha value is -5.38. The molecule has 19 nitrogen and oxygen atoms in total. The first-order chi connectivity index (χ1) is 37.3. The summed E-state index contributed by atoms with van der Waals surface area (Å²) in [6, 6.07) is 24.1. The van der Waals surface area contributed by atoms with Crippen molar-refractivity contribution >= 4 is 41.2 Å². The highest BCUT2D eigenvalue weighted by atomic mass is 16.7. The average Bonchev–Trinajstić information content (AvgIpc) is 3.43. The standard InChI is InChI=1S/C58H88N8O11/c1-5-6-7-8-9-10-11-12-13-14-15-16-26-33-47(67)63-36-46-37(2)48(62)38(3)54(72-46)73-50-43(60)34-44(61)51(53(50)77-58(70)66-42-31-24-19-25-32-42)74-55-39(4)49(75-56(68)64-40-27-20-17-21-28-40)52(45(35-59)71-55)76-57(69)65-41-29-22-18-23-30-41/h17-25,27-32,37-39,43-46,48-55H,5-16,26,33-36,59-62H2,1-4H3,(H,63,67)(H,64,68)(H,65,69)(H,66,70)/t37-,38?,39?,43+,44-,45?,46?,48-,49?,50+,51?,52-,53?,54-,55-/m0/s1. The number of para-hydroxylation sites is 3. The van der Waals surface area contributed by atoms with E-state index in [4.69, 9.17) is 56.1 Å². The second kappa shape index (κ2) is 31.9. The Bertz CT molecular complexity index is 2200. The topological polar surface area (TPSA) is 285 Å². The lowest BCUT2D eigenvalue weighted by molar-refractivity contribution is -0.313. The van der Waals surface area contributed by atoms with Gasteiger partial charge in [-0.3, -0.25) is 20.7 Å². The van der Waals surface area contributed by atoms with E-state index in [9.17, 15) is 19.2 Å². The molecule has 2 saturated heterocycles. The third kappa shape index (κ3) is 18.9. The number of benzene rings is 3. The first-order valence-electron chi connectivity index (χ1n) is 28.2. The van der Waals surface area contributed by atoms with Gasteiger partial charge >= 0.3 is 18.3 Å². The number of amides is 4. The highest BCUT2D eigenvalue weighted by Crippen LogP contribution is 2.38. The van der Waals surface area contributed by atoms with Crippen LogP contribution in [0, 0.1) is 17.8 Å². The third-order valence-electron chi connectivity index (χ3n) is 15.1. The average molecular weight is 1070 g/mol. The van der Waals surface area contributed by atoms with Crippen molar-refractivity contribution in [2.24, 2.45) is 40.7 Å². The van der Waals surface area contributed by atoms with Gasteiger partial charge in [-0.05, 0) is 55.2 Å². The van der Waals surface area contributed by atoms with Crippen LogP contribution in [-0.2, 0) is 38.0 Å². The van der Waals surface area contributed by atoms with Crippen molar-refractivity contribution in [3.05, 3.63) is 91.0 Å². The summed E-state index contributed by atoms with van der Waals surface area (Å²) in [5.41, 5.74) is 28.4. The van der Waals surface area contributed by atoms with Gasteiger partial charge in [0, 0.05) is 66.5 Å². The number of hydrogen-bond acceptors (Lipinski definition) is 15. The Morgan fingerprint density at radius 2 is 0.909 bits per heavy atom. The zero-order chi connectivity index (χ0) is 55.1. The third-order valence-corrected chi connectivity index (χ3v) is 15.1. The smallest absolute Gasteiger partial charge is 0.412 e. The van der Waals surface area contributed by atoms with Crippen molar-refractivity contribution in [3.8, 4) is 0 Å². The lowest BCUT2D eigenvalue weighted by Crippen LogP contribution is -2.68. The second-order valence-corrected chi connectivity index (χ2v) is 21.1. The first kappa shape index (κ1) is 60.8. The van der Waals surface area contributed by atoms with E-state index in [1.807, 2.05) is 19.9 Å². The monoisotopic (exact) mass is 1070 g/mol. The van der Waals surface area contributed by atoms with Gasteiger partial charge in [-0.15, -0.1) is 0 Å². The largest absolute Gasteiger partial charge is 0.441 e. The summed E-state index contributed by atoms with van der Waals surface area (Å²) in [6.45, 7) is 7.88. The van der Waals surface area contributed by atoms with Crippen molar-refractivity contribution < 1.29 is 52.3 Å². The molecule has 7 unspecified atom stereocenters. The zero-order valence-electron chi connectivity index (χ0n) is 45.6. The molecule has 1 saturated carbocycles. The van der Waals surface area contributed by atoms with Crippen molar-refractivity contribution in [2.45, 2.75) is 197 Å². The molecule has 0 bridgehead atoms. The molecule has 19 heteroatoms. The van der Waals surface area contributed by atoms with E-state index < -0.39 is 97.6 Å². The van der Waals surface area contributed by atoms with Gasteiger partial charge in [0.05, 0.1) is 6.10 Å². The van der Waals surface area contributed by atoms with Crippen LogP contribution in [0.2, 0.25) is 0 Å². The first-order valence-corrected chi connectivity index (χ1v) is 28.2. The number of anilines is 3. The molecule has 12 N–H and O–H groups in total. The molecular weight excluding hydrogens is 985 g/mol. The molecule has 1 aliphatic carbocycles. The number of unbranched alkanes of at least 4 members (excludes halogenated alkanes) is 12. The molecule has 3 aromatic carbocycles. The highest BCUT2D eigenvalue weighted by molar-refractivity contribution is 5.86. The molecule has 0 aromatic heterocycles. The predicted octanol–water partition coefficient (Wildman–Crippen LogP) is 8.91. The molecule has 15 atom stereocenters. The number of carbonyl (C=O) groups is 4. The van der Waals surface area contributed by atoms with Gasteiger partial charge in [0.2, 0.25) is 5.91 Å². The molecule has 77 heavy (non-hydrogen) atoms. The van der Waals surface area contributed by atoms with Crippen LogP contribution in [0.3, 0.4) is 0 Å². The molecule has 6 rings (SSSR count). The fourth-order valence-electron chi connectivity index (χ4n) is 10.5. The van der Waals surface area contributed by atoms with Crippen LogP contribution >= 0.6 is 0 Å². The van der Waals surface area contributed by atoms with Crippen LogP contribution < -0.4 is 44.2 Å². The lowest BCUT2D eigenvalue weighted by atomic mass is 9.82. The number of rotatable bonds is 27. The maximum atomic E-state index is 13.9. The molecule has 2 aliphatic heterocycles. The Morgan fingerprint density at radius 1 is 0.506 bits per heavy atom. The molecule has 3 aliphatic rings. The Kier molecular flexibility index (Phi) is 25.2. The number of nitrogens with one attached hydrogen (secondary N) is 4. The van der Waals surface area contributed by atoms with Crippen LogP contribution in [0.4, 0.5) is 31.4 Å². The second-order valence-electron chi connectivity index (χ2n) is 21.1. The summed E-state index contributed by atoms with van der Waals surface area (Å²) < 4.78 is 45.1. The fourth-order valence-corrected chi connectivity index (χ4v) is 10.5. The maximum Gasteiger partial charge on any atom is 0.412 e. The minimum absolute atomic E-state index is 0.0523. The molecular formula is C58H88N8O11. The molecule has 2 heterocycles. The van der Waals surface area contributed by atoms with Crippen molar-refractivity contribution in [2.75, 3.05) is 29.0 Å². The van der Waals surface area contributed by atoms with Crippen LogP contribution in [-0.4, -0.2) is 111 Å². The quantitative estimate of drug-likeness (QED) is 0.0261. The Balaban J connectivity index is 1.14. The van der Waals surface area contributed by atoms with Crippen LogP contribution in [0.15, 0.2) is 91.0 Å². The summed E-state index contributed by atoms with van der Waals surface area (Å²) in [5.74, 6) is -1.44. The SMILES string of the molecule is CCCCCCCCCCCCCCCC(=O)NCC1O[C@@H](O[C@H]2C(OC(=O)Nc3ccccc3)C(O[C@@H]3OC(CN)[C@H](OC(=O)Nc4ccccc4)C(OC(=O)Nc4ccccc4)C3C)[C@@H](N)C[C@H]2N)C(C)[C@@H](N)[C@H]1C. The maximum absolute atomic E-state index is 13.9. The molecule has 426 valence electrons. The molecule has 3 aromatic rings. The summed E-state index contributed by atoms with van der Waals surface area (Å²) in [5, 5.41) is 11.3. The number of ether oxygens (including phenoxy) is 7. The molecule has 4 amide bonds. The number of hydrogen-bond donors (Lipinski definition) is 8. The minimum atomic E-state index is -1.29. The summed E-state index contributed by atoms with van der Waals surface area (Å²) in [6.07, 6.45) is 4.26. The Morgan fingerprint density at radius 3 is 1.36 bits per heavy atom. The van der Waals surface area contributed by atoms with Gasteiger partial charge in [0.1, 0.15) is 18.3 Å². The number of carbonyl (C=O) groups excluding carboxylic acids is 4. The van der Waals surface area contributed by atoms with Crippen LogP contribution in [0.25, 0.3) is 0 Å². The zero-order valence-corrected chi connectivity index (χ0v) is 45.6. The van der Waals surface area contributed by atoms with E-state index >= 15 is 0 Å². The van der Waals surface area contributed by atoms with E-state index in [-0.39, 0.29) is 37.3 Å². The van der Waals surface area contributed by atoms with Crippen LogP contribution in [0.1, 0.15) is 124 Å². The van der Waals surface area contributed by atoms with Crippen molar-refractivity contribution in [3.63, 3.8) is 0 Å². The van der Waals surface area contributed by atoms with Gasteiger partial charge < -0.3 is 61.4 Å². The predicted molar refractivity (Wildman–Crippen MR) is 296 cm³/mol. The van der Waals surface area contributed by atoms with E-state index in [0.717, 1.165) is 19.3 Å². The van der Waals surface area contributed by atoms with E-state index in [0.29, 0.717) is 23.5 Å². The van der Waals surface area contributed by atoms with Crippen LogP contribution in [0.5, 0.6) is 0 Å². The van der Waals surface area contributed by atoms with Gasteiger partial charge in [-0.25, -0.2) is 14.4 Å². The highest BCUT2D eigenvalue weighted by Gasteiger charge is 2.54. The van der Waals surface area contributed by atoms with E-state index in [1.165, 1.54) is 64.2 Å². The number of nitrogens with two attached hydrogens (primary N) is 4. The van der Waals surface area contributed by atoms with Crippen molar-refractivity contribution in [1.29, 1.82) is 0 Å². The fraction of sp³-hybridized carbons (Fsp3) is 0.621. The molecule has 0 radical (unpaired) electrons. The molecule has 3 fully saturated rings. The van der Waals surface area contributed by atoms with Crippen molar-refractivity contribution in [1.82, 2.24) is 5.32 Å². The lowest BCUT2D eigenvalue weighted by Gasteiger charge is -2.50. The normalized spacial score (nSPS) is 29.1. The summed E-state index contributed by atoms with van der Waals surface area (Å²) in [4.78, 5) is 54.1. The van der Waals surface area contributed by atoms with Gasteiger partial charge in [-0.1, -0.05) is 159 Å². The van der Waals surface area contributed by atoms with Gasteiger partial charge in [-0.2, -0.15) is 0 Å². The van der Waals surface area contributed by atoms with Gasteiger partial charge in [0.25, 0.3) is 0 Å². The van der Waals surface area contributed by atoms with Gasteiger partial charge in [0.15, 0.2) is 30.9 Å². The van der Waals surface area contributed by atoms with E-state index in [1.54, 1.807) is 91.9 Å².